The van der Waals surface area contributed by atoms with Crippen LogP contribution in [0.3, 0.4) is 0 Å². The van der Waals surface area contributed by atoms with Crippen LogP contribution >= 0.6 is 0 Å². The number of benzene rings is 1. The summed E-state index contributed by atoms with van der Waals surface area (Å²) in [5.74, 6) is -0.400. The van der Waals surface area contributed by atoms with E-state index in [-0.39, 0.29) is 4.90 Å². The van der Waals surface area contributed by atoms with Crippen molar-refractivity contribution in [2.45, 2.75) is 4.90 Å². The third-order valence-electron chi connectivity index (χ3n) is 1.15. The van der Waals surface area contributed by atoms with Crippen molar-refractivity contribution in [3.8, 4) is 0 Å². The molecular formula is C7H7FOS. The second-order valence-electron chi connectivity index (χ2n) is 1.88. The normalized spacial score (nSPS) is 13.1. The average Bonchev–Trinajstić information content (AvgIpc) is 1.88. The Labute approximate surface area is 62.1 Å². The van der Waals surface area contributed by atoms with Gasteiger partial charge in [0.1, 0.15) is 6.26 Å². The average molecular weight is 158 g/mol. The van der Waals surface area contributed by atoms with Crippen LogP contribution in [0.2, 0.25) is 0 Å². The van der Waals surface area contributed by atoms with Crippen LogP contribution in [0.1, 0.15) is 0 Å². The Kier molecular flexibility index (Phi) is 2.29. The minimum Gasteiger partial charge on any atom is -0.612 e. The fraction of sp³-hybridized carbons (Fsp3) is 0.143. The first-order valence-electron chi connectivity index (χ1n) is 2.80. The number of hydrogen-bond acceptors (Lipinski definition) is 1. The summed E-state index contributed by atoms with van der Waals surface area (Å²) in [7, 11) is 0. The Morgan fingerprint density at radius 1 is 1.40 bits per heavy atom. The monoisotopic (exact) mass is 158 g/mol. The molecule has 1 rings (SSSR count). The molecule has 0 bridgehead atoms. The fourth-order valence-electron chi connectivity index (χ4n) is 0.678. The van der Waals surface area contributed by atoms with Gasteiger partial charge in [-0.3, -0.25) is 0 Å². The predicted octanol–water partition coefficient (Wildman–Crippen LogP) is 1.56. The van der Waals surface area contributed by atoms with Crippen LogP contribution in [0.15, 0.2) is 29.2 Å². The van der Waals surface area contributed by atoms with Crippen molar-refractivity contribution >= 4 is 11.2 Å². The SMILES string of the molecule is C[S+]([O-])c1ccccc1F. The van der Waals surface area contributed by atoms with Crippen molar-refractivity contribution in [1.82, 2.24) is 0 Å². The van der Waals surface area contributed by atoms with E-state index in [1.807, 2.05) is 0 Å². The molecule has 0 N–H and O–H groups in total. The van der Waals surface area contributed by atoms with Gasteiger partial charge in [-0.1, -0.05) is 12.1 Å². The summed E-state index contributed by atoms with van der Waals surface area (Å²) < 4.78 is 23.4. The second-order valence-corrected chi connectivity index (χ2v) is 3.23. The lowest BCUT2D eigenvalue weighted by Gasteiger charge is -2.03. The van der Waals surface area contributed by atoms with E-state index in [4.69, 9.17) is 0 Å². The number of hydrogen-bond donors (Lipinski definition) is 0. The van der Waals surface area contributed by atoms with Gasteiger partial charge in [-0.2, -0.15) is 0 Å². The molecule has 10 heavy (non-hydrogen) atoms. The van der Waals surface area contributed by atoms with E-state index in [1.165, 1.54) is 18.4 Å². The topological polar surface area (TPSA) is 23.1 Å². The highest BCUT2D eigenvalue weighted by Gasteiger charge is 2.08. The summed E-state index contributed by atoms with van der Waals surface area (Å²) >= 11 is -1.22. The smallest absolute Gasteiger partial charge is 0.188 e. The van der Waals surface area contributed by atoms with Crippen LogP contribution in [0.5, 0.6) is 0 Å². The molecule has 0 saturated carbocycles. The summed E-state index contributed by atoms with van der Waals surface area (Å²) in [6, 6.07) is 6.06. The van der Waals surface area contributed by atoms with Crippen molar-refractivity contribution in [3.05, 3.63) is 30.1 Å². The van der Waals surface area contributed by atoms with Gasteiger partial charge < -0.3 is 4.55 Å². The quantitative estimate of drug-likeness (QED) is 0.569. The minimum absolute atomic E-state index is 0.266. The Bertz CT molecular complexity index is 225. The Morgan fingerprint density at radius 2 is 2.00 bits per heavy atom. The first-order chi connectivity index (χ1) is 4.72. The lowest BCUT2D eigenvalue weighted by atomic mass is 10.4. The molecule has 0 fully saturated rings. The van der Waals surface area contributed by atoms with Crippen molar-refractivity contribution < 1.29 is 8.94 Å². The molecule has 0 spiro atoms. The van der Waals surface area contributed by atoms with E-state index in [0.717, 1.165) is 0 Å². The Balaban J connectivity index is 3.03. The summed E-state index contributed by atoms with van der Waals surface area (Å²) in [6.07, 6.45) is 1.46. The van der Waals surface area contributed by atoms with Crippen molar-refractivity contribution in [3.63, 3.8) is 0 Å². The van der Waals surface area contributed by atoms with E-state index in [2.05, 4.69) is 0 Å². The van der Waals surface area contributed by atoms with E-state index in [0.29, 0.717) is 0 Å². The zero-order chi connectivity index (χ0) is 7.56. The summed E-state index contributed by atoms with van der Waals surface area (Å²) in [5, 5.41) is 0. The molecule has 0 amide bonds. The van der Waals surface area contributed by atoms with Gasteiger partial charge in [0.05, 0.1) is 0 Å². The van der Waals surface area contributed by atoms with E-state index >= 15 is 0 Å². The van der Waals surface area contributed by atoms with Gasteiger partial charge in [-0.05, 0) is 23.3 Å². The van der Waals surface area contributed by atoms with E-state index in [1.54, 1.807) is 12.1 Å². The second kappa shape index (κ2) is 3.03. The van der Waals surface area contributed by atoms with Gasteiger partial charge in [0.25, 0.3) is 0 Å². The molecule has 0 heterocycles. The molecule has 0 aliphatic heterocycles. The van der Waals surface area contributed by atoms with Gasteiger partial charge in [0.2, 0.25) is 0 Å². The molecule has 1 aromatic rings. The maximum absolute atomic E-state index is 12.6. The van der Waals surface area contributed by atoms with Crippen LogP contribution in [0.4, 0.5) is 4.39 Å². The zero-order valence-corrected chi connectivity index (χ0v) is 6.32. The minimum atomic E-state index is -1.22. The van der Waals surface area contributed by atoms with E-state index < -0.39 is 17.0 Å². The summed E-state index contributed by atoms with van der Waals surface area (Å²) in [4.78, 5) is 0.266. The van der Waals surface area contributed by atoms with Gasteiger partial charge in [0.15, 0.2) is 10.7 Å². The maximum atomic E-state index is 12.6. The summed E-state index contributed by atoms with van der Waals surface area (Å²) in [5.41, 5.74) is 0. The van der Waals surface area contributed by atoms with Crippen LogP contribution in [-0.2, 0) is 11.2 Å². The maximum Gasteiger partial charge on any atom is 0.188 e. The van der Waals surface area contributed by atoms with Crippen LogP contribution in [0.25, 0.3) is 0 Å². The number of halogens is 1. The van der Waals surface area contributed by atoms with Gasteiger partial charge in [-0.15, -0.1) is 0 Å². The highest BCUT2D eigenvalue weighted by Crippen LogP contribution is 2.12. The lowest BCUT2D eigenvalue weighted by Crippen LogP contribution is -1.99. The van der Waals surface area contributed by atoms with Crippen molar-refractivity contribution in [1.29, 1.82) is 0 Å². The number of rotatable bonds is 1. The molecule has 0 saturated heterocycles. The third kappa shape index (κ3) is 1.49. The van der Waals surface area contributed by atoms with E-state index in [9.17, 15) is 8.94 Å². The van der Waals surface area contributed by atoms with Crippen LogP contribution in [-0.4, -0.2) is 10.8 Å². The molecule has 0 aliphatic rings. The molecular weight excluding hydrogens is 151 g/mol. The van der Waals surface area contributed by atoms with Gasteiger partial charge >= 0.3 is 0 Å². The molecule has 1 nitrogen and oxygen atoms in total. The molecule has 0 radical (unpaired) electrons. The van der Waals surface area contributed by atoms with Crippen LogP contribution < -0.4 is 0 Å². The molecule has 1 aromatic carbocycles. The third-order valence-corrected chi connectivity index (χ3v) is 2.10. The highest BCUT2D eigenvalue weighted by atomic mass is 32.2. The highest BCUT2D eigenvalue weighted by molar-refractivity contribution is 7.90. The van der Waals surface area contributed by atoms with Crippen LogP contribution in [0, 0.1) is 5.82 Å². The molecule has 0 aliphatic carbocycles. The molecule has 54 valence electrons. The fourth-order valence-corrected chi connectivity index (χ4v) is 1.29. The molecule has 3 heteroatoms. The van der Waals surface area contributed by atoms with Gasteiger partial charge in [0, 0.05) is 0 Å². The molecule has 0 aromatic heterocycles. The molecule has 1 atom stereocenters. The first kappa shape index (κ1) is 7.57. The standard InChI is InChI=1S/C7H7FOS/c1-10(9)7-5-3-2-4-6(7)8/h2-5H,1H3. The van der Waals surface area contributed by atoms with Gasteiger partial charge in [-0.25, -0.2) is 4.39 Å². The summed E-state index contributed by atoms with van der Waals surface area (Å²) in [6.45, 7) is 0. The Morgan fingerprint density at radius 3 is 2.40 bits per heavy atom. The predicted molar refractivity (Wildman–Crippen MR) is 38.7 cm³/mol. The van der Waals surface area contributed by atoms with Crippen molar-refractivity contribution in [2.75, 3.05) is 6.26 Å². The Hall–Kier alpha value is -0.540. The first-order valence-corrected chi connectivity index (χ1v) is 4.35. The lowest BCUT2D eigenvalue weighted by molar-refractivity contribution is 0.570. The van der Waals surface area contributed by atoms with Crippen molar-refractivity contribution in [2.24, 2.45) is 0 Å². The zero-order valence-electron chi connectivity index (χ0n) is 5.50. The largest absolute Gasteiger partial charge is 0.612 e. The molecule has 1 unspecified atom stereocenters.